The minimum absolute atomic E-state index is 0.210. The third-order valence-corrected chi connectivity index (χ3v) is 5.16. The first-order valence-corrected chi connectivity index (χ1v) is 11.6. The monoisotopic (exact) mass is 482 g/mol. The third kappa shape index (κ3) is 5.83. The Morgan fingerprint density at radius 3 is 2.50 bits per heavy atom. The van der Waals surface area contributed by atoms with E-state index in [0.29, 0.717) is 47.5 Å². The van der Waals surface area contributed by atoms with Crippen molar-refractivity contribution in [1.82, 2.24) is 9.97 Å². The minimum atomic E-state index is -0.328. The number of nitrogens with one attached hydrogen (secondary N) is 2. The summed E-state index contributed by atoms with van der Waals surface area (Å²) in [5.74, 6) is 1.64. The number of H-pyrrole nitrogens is 1. The van der Waals surface area contributed by atoms with Crippen molar-refractivity contribution in [3.63, 3.8) is 0 Å². The number of allylic oxidation sites excluding steroid dienone is 1. The zero-order valence-corrected chi connectivity index (χ0v) is 20.1. The average Bonchev–Trinajstić information content (AvgIpc) is 3.32. The van der Waals surface area contributed by atoms with Crippen LogP contribution >= 0.6 is 0 Å². The van der Waals surface area contributed by atoms with Gasteiger partial charge in [-0.1, -0.05) is 30.3 Å². The number of nitrogens with zero attached hydrogens (tertiary/aromatic N) is 2. The molecule has 0 aliphatic rings. The number of hydrogen-bond acceptors (Lipinski definition) is 6. The van der Waals surface area contributed by atoms with Crippen molar-refractivity contribution in [2.45, 2.75) is 13.8 Å². The van der Waals surface area contributed by atoms with Crippen molar-refractivity contribution in [3.05, 3.63) is 78.1 Å². The maximum Gasteiger partial charge on any atom is 0.262 e. The molecule has 0 atom stereocenters. The molecule has 8 heteroatoms. The number of amides is 1. The van der Waals surface area contributed by atoms with Crippen molar-refractivity contribution in [1.29, 1.82) is 5.26 Å². The number of fused-ring (bicyclic) bond motifs is 1. The van der Waals surface area contributed by atoms with Crippen molar-refractivity contribution in [2.75, 3.05) is 25.1 Å². The summed E-state index contributed by atoms with van der Waals surface area (Å²) >= 11 is 0. The molecule has 1 amide bonds. The van der Waals surface area contributed by atoms with Crippen LogP contribution in [0.15, 0.2) is 66.7 Å². The van der Waals surface area contributed by atoms with Crippen LogP contribution < -0.4 is 19.5 Å². The summed E-state index contributed by atoms with van der Waals surface area (Å²) in [6, 6.07) is 22.3. The highest BCUT2D eigenvalue weighted by Gasteiger charge is 2.13. The first-order chi connectivity index (χ1) is 17.6. The molecule has 4 aromatic rings. The van der Waals surface area contributed by atoms with E-state index in [1.165, 1.54) is 0 Å². The summed E-state index contributed by atoms with van der Waals surface area (Å²) in [5.41, 5.74) is 3.34. The molecule has 0 bridgehead atoms. The summed E-state index contributed by atoms with van der Waals surface area (Å²) in [4.78, 5) is 20.2. The number of anilines is 1. The first-order valence-electron chi connectivity index (χ1n) is 11.6. The van der Waals surface area contributed by atoms with Gasteiger partial charge in [0.05, 0.1) is 35.5 Å². The van der Waals surface area contributed by atoms with E-state index in [1.54, 1.807) is 36.4 Å². The van der Waals surface area contributed by atoms with E-state index in [4.69, 9.17) is 14.2 Å². The Morgan fingerprint density at radius 1 is 0.972 bits per heavy atom. The first kappa shape index (κ1) is 24.4. The third-order valence-electron chi connectivity index (χ3n) is 5.16. The van der Waals surface area contributed by atoms with Gasteiger partial charge in [-0.2, -0.15) is 5.26 Å². The molecule has 182 valence electrons. The second kappa shape index (κ2) is 11.6. The van der Waals surface area contributed by atoms with Crippen LogP contribution in [0.3, 0.4) is 0 Å². The molecule has 0 radical (unpaired) electrons. The van der Waals surface area contributed by atoms with Gasteiger partial charge in [0.25, 0.3) is 5.91 Å². The molecule has 2 N–H and O–H groups in total. The number of hydrogen-bond donors (Lipinski definition) is 2. The van der Waals surface area contributed by atoms with Crippen molar-refractivity contribution < 1.29 is 19.0 Å². The second-order valence-corrected chi connectivity index (χ2v) is 7.68. The van der Waals surface area contributed by atoms with Crippen LogP contribution in [0.5, 0.6) is 17.2 Å². The number of aromatic amines is 1. The fraction of sp³-hybridized carbons (Fsp3) is 0.179. The molecular weight excluding hydrogens is 456 g/mol. The van der Waals surface area contributed by atoms with Crippen LogP contribution in [-0.4, -0.2) is 35.7 Å². The fourth-order valence-corrected chi connectivity index (χ4v) is 3.58. The fourth-order valence-electron chi connectivity index (χ4n) is 3.58. The average molecular weight is 483 g/mol. The van der Waals surface area contributed by atoms with Crippen molar-refractivity contribution in [3.8, 4) is 23.3 Å². The number of carbonyl (C=O) groups is 1. The van der Waals surface area contributed by atoms with Gasteiger partial charge in [-0.05, 0) is 61.9 Å². The van der Waals surface area contributed by atoms with Crippen LogP contribution in [0.4, 0.5) is 5.69 Å². The van der Waals surface area contributed by atoms with Crippen molar-refractivity contribution >= 4 is 34.3 Å². The molecule has 1 aromatic heterocycles. The van der Waals surface area contributed by atoms with Gasteiger partial charge < -0.3 is 24.5 Å². The molecule has 0 saturated heterocycles. The minimum Gasteiger partial charge on any atom is -0.492 e. The number of carbonyl (C=O) groups excluding carboxylic acids is 1. The molecule has 0 unspecified atom stereocenters. The molecule has 3 aromatic carbocycles. The van der Waals surface area contributed by atoms with E-state index in [9.17, 15) is 10.1 Å². The molecule has 36 heavy (non-hydrogen) atoms. The van der Waals surface area contributed by atoms with E-state index in [-0.39, 0.29) is 12.5 Å². The number of rotatable bonds is 10. The lowest BCUT2D eigenvalue weighted by Crippen LogP contribution is -2.20. The van der Waals surface area contributed by atoms with Gasteiger partial charge in [0, 0.05) is 0 Å². The normalized spacial score (nSPS) is 11.1. The van der Waals surface area contributed by atoms with Gasteiger partial charge in [-0.25, -0.2) is 4.98 Å². The second-order valence-electron chi connectivity index (χ2n) is 7.68. The molecule has 0 fully saturated rings. The van der Waals surface area contributed by atoms with E-state index >= 15 is 0 Å². The summed E-state index contributed by atoms with van der Waals surface area (Å²) in [5, 5.41) is 12.5. The number of para-hydroxylation sites is 4. The highest BCUT2D eigenvalue weighted by atomic mass is 16.5. The molecule has 0 saturated carbocycles. The largest absolute Gasteiger partial charge is 0.492 e. The summed E-state index contributed by atoms with van der Waals surface area (Å²) in [6.07, 6.45) is 1.72. The standard InChI is InChI=1S/C28H26N4O4/c1-3-34-24-12-8-7-11-23(24)30-27(33)18-36-25-14-13-19(16-26(25)35-4-2)15-20(17-29)28-31-21-9-5-6-10-22(21)32-28/h5-16H,3-4,18H2,1-2H3,(H,30,33)(H,31,32)/b20-15+. The van der Waals surface area contributed by atoms with Gasteiger partial charge in [0.1, 0.15) is 17.6 Å². The molecule has 0 aliphatic carbocycles. The predicted octanol–water partition coefficient (Wildman–Crippen LogP) is 5.44. The van der Waals surface area contributed by atoms with Crippen LogP contribution in [0.2, 0.25) is 0 Å². The number of imidazole rings is 1. The van der Waals surface area contributed by atoms with E-state index in [1.807, 2.05) is 50.2 Å². The molecule has 0 spiro atoms. The van der Waals surface area contributed by atoms with Gasteiger partial charge in [-0.3, -0.25) is 4.79 Å². The lowest BCUT2D eigenvalue weighted by atomic mass is 10.1. The van der Waals surface area contributed by atoms with Crippen LogP contribution in [-0.2, 0) is 4.79 Å². The zero-order chi connectivity index (χ0) is 25.3. The van der Waals surface area contributed by atoms with E-state index < -0.39 is 0 Å². The van der Waals surface area contributed by atoms with Gasteiger partial charge in [-0.15, -0.1) is 0 Å². The Morgan fingerprint density at radius 2 is 1.72 bits per heavy atom. The SMILES string of the molecule is CCOc1ccccc1NC(=O)COc1ccc(/C=C(\C#N)c2nc3ccccc3[nH]2)cc1OCC. The maximum absolute atomic E-state index is 12.5. The topological polar surface area (TPSA) is 109 Å². The number of aromatic nitrogens is 2. The Balaban J connectivity index is 1.49. The quantitative estimate of drug-likeness (QED) is 0.291. The zero-order valence-electron chi connectivity index (χ0n) is 20.1. The summed E-state index contributed by atoms with van der Waals surface area (Å²) < 4.78 is 17.0. The lowest BCUT2D eigenvalue weighted by molar-refractivity contribution is -0.118. The maximum atomic E-state index is 12.5. The van der Waals surface area contributed by atoms with Gasteiger partial charge in [0.15, 0.2) is 18.1 Å². The van der Waals surface area contributed by atoms with Gasteiger partial charge in [0.2, 0.25) is 0 Å². The summed E-state index contributed by atoms with van der Waals surface area (Å²) in [6.45, 7) is 4.43. The molecule has 1 heterocycles. The van der Waals surface area contributed by atoms with Crippen molar-refractivity contribution in [2.24, 2.45) is 0 Å². The smallest absolute Gasteiger partial charge is 0.262 e. The Kier molecular flexibility index (Phi) is 7.83. The highest BCUT2D eigenvalue weighted by molar-refractivity contribution is 5.93. The Hall–Kier alpha value is -4.77. The Labute approximate surface area is 209 Å². The molecule has 8 nitrogen and oxygen atoms in total. The lowest BCUT2D eigenvalue weighted by Gasteiger charge is -2.14. The number of benzene rings is 3. The van der Waals surface area contributed by atoms with Gasteiger partial charge >= 0.3 is 0 Å². The van der Waals surface area contributed by atoms with Crippen LogP contribution in [0.1, 0.15) is 25.2 Å². The van der Waals surface area contributed by atoms with Crippen LogP contribution in [0, 0.1) is 11.3 Å². The Bertz CT molecular complexity index is 1400. The summed E-state index contributed by atoms with van der Waals surface area (Å²) in [7, 11) is 0. The molecule has 4 rings (SSSR count). The van der Waals surface area contributed by atoms with E-state index in [2.05, 4.69) is 21.4 Å². The number of ether oxygens (including phenoxy) is 3. The predicted molar refractivity (Wildman–Crippen MR) is 139 cm³/mol. The van der Waals surface area contributed by atoms with E-state index in [0.717, 1.165) is 16.6 Å². The highest BCUT2D eigenvalue weighted by Crippen LogP contribution is 2.30. The molecular formula is C28H26N4O4. The molecule has 0 aliphatic heterocycles. The number of nitriles is 1. The van der Waals surface area contributed by atoms with Crippen LogP contribution in [0.25, 0.3) is 22.7 Å².